The third-order valence-corrected chi connectivity index (χ3v) is 5.36. The highest BCUT2D eigenvalue weighted by Crippen LogP contribution is 2.22. The van der Waals surface area contributed by atoms with E-state index in [1.165, 1.54) is 6.07 Å². The van der Waals surface area contributed by atoms with Crippen molar-refractivity contribution in [2.45, 2.75) is 44.9 Å². The van der Waals surface area contributed by atoms with Gasteiger partial charge in [-0.25, -0.2) is 9.18 Å². The van der Waals surface area contributed by atoms with E-state index in [9.17, 15) is 14.3 Å². The molecule has 0 aliphatic carbocycles. The first-order chi connectivity index (χ1) is 15.7. The van der Waals surface area contributed by atoms with E-state index in [-0.39, 0.29) is 30.1 Å². The minimum Gasteiger partial charge on any atom is -0.448 e. The Morgan fingerprint density at radius 3 is 2.73 bits per heavy atom. The maximum absolute atomic E-state index is 13.7. The monoisotopic (exact) mass is 475 g/mol. The molecule has 0 radical (unpaired) electrons. The topological polar surface area (TPSA) is 96.6 Å². The largest absolute Gasteiger partial charge is 0.448 e. The van der Waals surface area contributed by atoms with Crippen molar-refractivity contribution >= 4 is 23.6 Å². The molecule has 0 saturated heterocycles. The summed E-state index contributed by atoms with van der Waals surface area (Å²) in [5, 5.41) is 19.8. The van der Waals surface area contributed by atoms with E-state index in [0.29, 0.717) is 24.1 Å². The first kappa shape index (κ1) is 24.7. The molecule has 1 heterocycles. The molecule has 3 rings (SSSR count). The van der Waals surface area contributed by atoms with E-state index >= 15 is 0 Å². The fraction of sp³-hybridized carbons (Fsp3) is 0.333. The molecule has 0 aliphatic heterocycles. The van der Waals surface area contributed by atoms with Crippen LogP contribution in [0.4, 0.5) is 15.1 Å². The molecule has 1 aromatic heterocycles. The number of benzene rings is 2. The van der Waals surface area contributed by atoms with Crippen LogP contribution < -0.4 is 10.6 Å². The molecule has 0 unspecified atom stereocenters. The first-order valence-corrected chi connectivity index (χ1v) is 10.9. The number of carbonyl (C=O) groups excluding carboxylic acids is 1. The lowest BCUT2D eigenvalue weighted by molar-refractivity contribution is 0.0612. The zero-order chi connectivity index (χ0) is 23.8. The van der Waals surface area contributed by atoms with Crippen LogP contribution in [0.5, 0.6) is 0 Å². The van der Waals surface area contributed by atoms with E-state index < -0.39 is 17.5 Å². The first-order valence-electron chi connectivity index (χ1n) is 10.6. The lowest BCUT2D eigenvalue weighted by Crippen LogP contribution is -2.36. The molecule has 0 fully saturated rings. The molecule has 1 amide bonds. The van der Waals surface area contributed by atoms with Crippen molar-refractivity contribution in [1.29, 1.82) is 0 Å². The van der Waals surface area contributed by atoms with E-state index in [4.69, 9.17) is 20.9 Å². The Hall–Kier alpha value is -2.94. The van der Waals surface area contributed by atoms with Crippen LogP contribution in [-0.2, 0) is 11.3 Å². The lowest BCUT2D eigenvalue weighted by Gasteiger charge is -2.23. The molecule has 3 N–H and O–H groups in total. The molecular formula is C24H27ClFN3O4. The fourth-order valence-corrected chi connectivity index (χ4v) is 3.30. The number of nitrogens with zero attached hydrogens (tertiary/aromatic N) is 1. The Morgan fingerprint density at radius 2 is 2.00 bits per heavy atom. The molecule has 0 bridgehead atoms. The highest BCUT2D eigenvalue weighted by molar-refractivity contribution is 6.31. The number of aliphatic hydroxyl groups is 1. The molecule has 33 heavy (non-hydrogen) atoms. The third-order valence-electron chi connectivity index (χ3n) is 4.94. The third kappa shape index (κ3) is 7.85. The summed E-state index contributed by atoms with van der Waals surface area (Å²) < 4.78 is 24.2. The summed E-state index contributed by atoms with van der Waals surface area (Å²) in [4.78, 5) is 12.3. The van der Waals surface area contributed by atoms with E-state index in [1.807, 2.05) is 30.3 Å². The van der Waals surface area contributed by atoms with E-state index in [2.05, 4.69) is 15.8 Å². The molecule has 176 valence electrons. The lowest BCUT2D eigenvalue weighted by atomic mass is 9.99. The van der Waals surface area contributed by atoms with Gasteiger partial charge in [0.2, 0.25) is 5.88 Å². The number of amides is 1. The van der Waals surface area contributed by atoms with Gasteiger partial charge in [0.05, 0.1) is 10.6 Å². The number of nitrogens with one attached hydrogen (secondary N) is 2. The van der Waals surface area contributed by atoms with Gasteiger partial charge in [0.1, 0.15) is 18.1 Å². The van der Waals surface area contributed by atoms with Gasteiger partial charge in [-0.2, -0.15) is 0 Å². The number of anilines is 1. The van der Waals surface area contributed by atoms with Gasteiger partial charge in [-0.1, -0.05) is 59.2 Å². The molecule has 0 aliphatic rings. The second-order valence-electron chi connectivity index (χ2n) is 8.31. The molecular weight excluding hydrogens is 449 g/mol. The molecule has 7 nitrogen and oxygen atoms in total. The van der Waals surface area contributed by atoms with Gasteiger partial charge in [-0.15, -0.1) is 0 Å². The molecule has 9 heteroatoms. The second kappa shape index (κ2) is 11.3. The number of hydrogen-bond acceptors (Lipinski definition) is 6. The van der Waals surface area contributed by atoms with E-state index in [1.54, 1.807) is 32.0 Å². The highest BCUT2D eigenvalue weighted by Gasteiger charge is 2.19. The van der Waals surface area contributed by atoms with Crippen molar-refractivity contribution in [3.05, 3.63) is 71.0 Å². The van der Waals surface area contributed by atoms with Crippen molar-refractivity contribution in [2.75, 3.05) is 11.9 Å². The average Bonchev–Trinajstić information content (AvgIpc) is 3.24. The van der Waals surface area contributed by atoms with Crippen LogP contribution in [0, 0.1) is 5.82 Å². The summed E-state index contributed by atoms with van der Waals surface area (Å²) in [6.07, 6.45) is 0.281. The smallest absolute Gasteiger partial charge is 0.414 e. The number of rotatable bonds is 10. The van der Waals surface area contributed by atoms with Gasteiger partial charge < -0.3 is 19.7 Å². The molecule has 2 aromatic carbocycles. The van der Waals surface area contributed by atoms with Crippen LogP contribution in [0.1, 0.15) is 32.3 Å². The summed E-state index contributed by atoms with van der Waals surface area (Å²) in [6, 6.07) is 15.3. The predicted octanol–water partition coefficient (Wildman–Crippen LogP) is 5.39. The molecule has 3 aromatic rings. The minimum atomic E-state index is -0.883. The Kier molecular flexibility index (Phi) is 8.43. The maximum Gasteiger partial charge on any atom is 0.414 e. The van der Waals surface area contributed by atoms with Crippen molar-refractivity contribution in [3.63, 3.8) is 0 Å². The summed E-state index contributed by atoms with van der Waals surface area (Å²) in [5.41, 5.74) is 1.15. The van der Waals surface area contributed by atoms with Crippen molar-refractivity contribution < 1.29 is 23.6 Å². The quantitative estimate of drug-likeness (QED) is 0.363. The summed E-state index contributed by atoms with van der Waals surface area (Å²) >= 11 is 6.02. The second-order valence-corrected chi connectivity index (χ2v) is 8.69. The van der Waals surface area contributed by atoms with Crippen molar-refractivity contribution in [2.24, 2.45) is 0 Å². The predicted molar refractivity (Wildman–Crippen MR) is 124 cm³/mol. The summed E-state index contributed by atoms with van der Waals surface area (Å²) in [7, 11) is 0. The number of halogens is 2. The van der Waals surface area contributed by atoms with Crippen LogP contribution in [0.3, 0.4) is 0 Å². The van der Waals surface area contributed by atoms with Gasteiger partial charge >= 0.3 is 6.09 Å². The number of aromatic nitrogens is 1. The SMILES string of the molecule is CC(C)(O)CC[C@@H](COC(=O)Nc1cc(-c2ccccc2)no1)NCc1cccc(F)c1Cl. The van der Waals surface area contributed by atoms with Crippen LogP contribution in [-0.4, -0.2) is 34.6 Å². The van der Waals surface area contributed by atoms with Gasteiger partial charge in [-0.05, 0) is 38.3 Å². The number of hydrogen-bond donors (Lipinski definition) is 3. The summed E-state index contributed by atoms with van der Waals surface area (Å²) in [5.74, 6) is -0.340. The van der Waals surface area contributed by atoms with Crippen LogP contribution in [0.15, 0.2) is 59.1 Å². The Bertz CT molecular complexity index is 1050. The van der Waals surface area contributed by atoms with Gasteiger partial charge in [0, 0.05) is 24.2 Å². The number of ether oxygens (including phenoxy) is 1. The molecule has 0 saturated carbocycles. The summed E-state index contributed by atoms with van der Waals surface area (Å²) in [6.45, 7) is 3.71. The van der Waals surface area contributed by atoms with Crippen molar-refractivity contribution in [3.8, 4) is 11.3 Å². The minimum absolute atomic E-state index is 0.0223. The average molecular weight is 476 g/mol. The van der Waals surface area contributed by atoms with Crippen molar-refractivity contribution in [1.82, 2.24) is 10.5 Å². The molecule has 0 spiro atoms. The highest BCUT2D eigenvalue weighted by atomic mass is 35.5. The fourth-order valence-electron chi connectivity index (χ4n) is 3.10. The van der Waals surface area contributed by atoms with E-state index in [0.717, 1.165) is 5.56 Å². The van der Waals surface area contributed by atoms with Gasteiger partial charge in [0.15, 0.2) is 0 Å². The van der Waals surface area contributed by atoms with Crippen LogP contribution in [0.25, 0.3) is 11.3 Å². The van der Waals surface area contributed by atoms with Gasteiger partial charge in [-0.3, -0.25) is 5.32 Å². The van der Waals surface area contributed by atoms with Crippen LogP contribution >= 0.6 is 11.6 Å². The Balaban J connectivity index is 1.55. The van der Waals surface area contributed by atoms with Crippen LogP contribution in [0.2, 0.25) is 5.02 Å². The maximum atomic E-state index is 13.7. The standard InChI is InChI=1S/C24H27ClFN3O4/c1-24(2,31)12-11-18(27-14-17-9-6-10-19(26)22(17)25)15-32-23(30)28-21-13-20(29-33-21)16-7-4-3-5-8-16/h3-10,13,18,27,31H,11-12,14-15H2,1-2H3,(H,28,30)/t18-/m0/s1. The number of carbonyl (C=O) groups is 1. The molecule has 1 atom stereocenters. The zero-order valence-corrected chi connectivity index (χ0v) is 19.2. The zero-order valence-electron chi connectivity index (χ0n) is 18.5. The normalized spacial score (nSPS) is 12.4. The van der Waals surface area contributed by atoms with Gasteiger partial charge in [0.25, 0.3) is 0 Å². The Morgan fingerprint density at radius 1 is 1.24 bits per heavy atom. The Labute approximate surface area is 196 Å².